The first-order valence-electron chi connectivity index (χ1n) is 3.59. The number of carbonyl (C=O) groups is 1. The lowest BCUT2D eigenvalue weighted by Gasteiger charge is -2.07. The van der Waals surface area contributed by atoms with Crippen LogP contribution >= 0.6 is 7.60 Å². The zero-order chi connectivity index (χ0) is 10.1. The van der Waals surface area contributed by atoms with Crippen molar-refractivity contribution in [1.29, 1.82) is 0 Å². The molecule has 5 heteroatoms. The van der Waals surface area contributed by atoms with Crippen LogP contribution in [0, 0.1) is 0 Å². The third kappa shape index (κ3) is 2.25. The highest BCUT2D eigenvalue weighted by molar-refractivity contribution is 7.60. The predicted octanol–water partition coefficient (Wildman–Crippen LogP) is 0.692. The lowest BCUT2D eigenvalue weighted by atomic mass is 10.1. The largest absolute Gasteiger partial charge is 0.356 e. The SMILES string of the molecule is CC(=O)c1ccccc1P(=O)(O)O. The number of ketones is 1. The minimum absolute atomic E-state index is 0.0795. The highest BCUT2D eigenvalue weighted by Gasteiger charge is 2.22. The van der Waals surface area contributed by atoms with Gasteiger partial charge in [0, 0.05) is 5.56 Å². The molecule has 0 bridgehead atoms. The fourth-order valence-electron chi connectivity index (χ4n) is 1.03. The van der Waals surface area contributed by atoms with Crippen molar-refractivity contribution in [3.63, 3.8) is 0 Å². The molecule has 13 heavy (non-hydrogen) atoms. The highest BCUT2D eigenvalue weighted by atomic mass is 31.2. The van der Waals surface area contributed by atoms with Crippen LogP contribution in [-0.4, -0.2) is 15.6 Å². The maximum Gasteiger partial charge on any atom is 0.356 e. The fraction of sp³-hybridized carbons (Fsp3) is 0.125. The summed E-state index contributed by atoms with van der Waals surface area (Å²) in [6, 6.07) is 5.71. The summed E-state index contributed by atoms with van der Waals surface area (Å²) in [5, 5.41) is -0.206. The van der Waals surface area contributed by atoms with E-state index in [1.54, 1.807) is 6.07 Å². The van der Waals surface area contributed by atoms with Crippen molar-refractivity contribution < 1.29 is 19.1 Å². The average Bonchev–Trinajstić information content (AvgIpc) is 2.03. The van der Waals surface area contributed by atoms with Crippen LogP contribution in [0.4, 0.5) is 0 Å². The quantitative estimate of drug-likeness (QED) is 0.544. The Morgan fingerprint density at radius 2 is 1.85 bits per heavy atom. The van der Waals surface area contributed by atoms with Crippen molar-refractivity contribution in [2.75, 3.05) is 0 Å². The van der Waals surface area contributed by atoms with E-state index in [1.165, 1.54) is 25.1 Å². The second-order valence-corrected chi connectivity index (χ2v) is 4.19. The van der Waals surface area contributed by atoms with Gasteiger partial charge in [0.2, 0.25) is 0 Å². The minimum Gasteiger partial charge on any atom is -0.321 e. The molecule has 0 unspecified atom stereocenters. The second-order valence-electron chi connectivity index (χ2n) is 2.62. The first kappa shape index (κ1) is 10.1. The van der Waals surface area contributed by atoms with Crippen LogP contribution in [0.25, 0.3) is 0 Å². The molecule has 1 rings (SSSR count). The Kier molecular flexibility index (Phi) is 2.66. The Morgan fingerprint density at radius 1 is 1.31 bits per heavy atom. The van der Waals surface area contributed by atoms with Crippen molar-refractivity contribution in [1.82, 2.24) is 0 Å². The summed E-state index contributed by atoms with van der Waals surface area (Å²) < 4.78 is 10.9. The van der Waals surface area contributed by atoms with Crippen molar-refractivity contribution in [2.45, 2.75) is 6.92 Å². The van der Waals surface area contributed by atoms with Gasteiger partial charge in [-0.15, -0.1) is 0 Å². The Hall–Kier alpha value is -0.960. The first-order valence-corrected chi connectivity index (χ1v) is 5.20. The molecule has 0 spiro atoms. The standard InChI is InChI=1S/C8H9O4P/c1-6(9)7-4-2-3-5-8(7)13(10,11)12/h2-5H,1H3,(H2,10,11,12). The van der Waals surface area contributed by atoms with Crippen molar-refractivity contribution >= 4 is 18.7 Å². The van der Waals surface area contributed by atoms with E-state index in [0.717, 1.165) is 0 Å². The zero-order valence-corrected chi connectivity index (χ0v) is 7.86. The molecule has 2 N–H and O–H groups in total. The molecule has 0 saturated carbocycles. The van der Waals surface area contributed by atoms with Gasteiger partial charge >= 0.3 is 7.60 Å². The summed E-state index contributed by atoms with van der Waals surface area (Å²) in [7, 11) is -4.33. The summed E-state index contributed by atoms with van der Waals surface area (Å²) in [6.45, 7) is 1.27. The van der Waals surface area contributed by atoms with Gasteiger partial charge in [-0.25, -0.2) is 0 Å². The van der Waals surface area contributed by atoms with Crippen molar-refractivity contribution in [2.24, 2.45) is 0 Å². The minimum atomic E-state index is -4.33. The summed E-state index contributed by atoms with van der Waals surface area (Å²) >= 11 is 0. The fourth-order valence-corrected chi connectivity index (χ4v) is 1.85. The van der Waals surface area contributed by atoms with Gasteiger partial charge < -0.3 is 9.79 Å². The normalized spacial score (nSPS) is 11.3. The third-order valence-corrected chi connectivity index (χ3v) is 2.61. The molecule has 0 atom stereocenters. The monoisotopic (exact) mass is 200 g/mol. The number of carbonyl (C=O) groups excluding carboxylic acids is 1. The molecule has 0 heterocycles. The number of hydrogen-bond donors (Lipinski definition) is 2. The molecular formula is C8H9O4P. The van der Waals surface area contributed by atoms with Gasteiger partial charge in [0.15, 0.2) is 5.78 Å². The van der Waals surface area contributed by atoms with Gasteiger partial charge in [-0.05, 0) is 13.0 Å². The number of Topliss-reactive ketones (excluding diaryl/α,β-unsaturated/α-hetero) is 1. The Bertz CT molecular complexity index is 379. The molecule has 4 nitrogen and oxygen atoms in total. The van der Waals surface area contributed by atoms with E-state index in [2.05, 4.69) is 0 Å². The zero-order valence-electron chi connectivity index (χ0n) is 6.97. The van der Waals surface area contributed by atoms with E-state index in [4.69, 9.17) is 9.79 Å². The van der Waals surface area contributed by atoms with E-state index in [1.807, 2.05) is 0 Å². The van der Waals surface area contributed by atoms with E-state index >= 15 is 0 Å². The molecule has 0 amide bonds. The molecule has 0 aromatic heterocycles. The molecule has 0 radical (unpaired) electrons. The van der Waals surface area contributed by atoms with E-state index in [-0.39, 0.29) is 16.7 Å². The molecule has 0 aliphatic heterocycles. The molecule has 0 aliphatic rings. The Balaban J connectivity index is 3.37. The van der Waals surface area contributed by atoms with Gasteiger partial charge in [-0.2, -0.15) is 0 Å². The summed E-state index contributed by atoms with van der Waals surface area (Å²) in [4.78, 5) is 28.7. The smallest absolute Gasteiger partial charge is 0.321 e. The van der Waals surface area contributed by atoms with Crippen LogP contribution in [0.15, 0.2) is 24.3 Å². The highest BCUT2D eigenvalue weighted by Crippen LogP contribution is 2.34. The van der Waals surface area contributed by atoms with Crippen LogP contribution in [0.3, 0.4) is 0 Å². The number of hydrogen-bond acceptors (Lipinski definition) is 2. The Morgan fingerprint density at radius 3 is 2.23 bits per heavy atom. The topological polar surface area (TPSA) is 74.6 Å². The predicted molar refractivity (Wildman–Crippen MR) is 48.1 cm³/mol. The molecule has 1 aromatic rings. The van der Waals surface area contributed by atoms with Crippen LogP contribution in [-0.2, 0) is 4.57 Å². The maximum atomic E-state index is 11.0. The summed E-state index contributed by atoms with van der Waals surface area (Å²) in [5.41, 5.74) is 0.0795. The van der Waals surface area contributed by atoms with Gasteiger partial charge in [0.1, 0.15) is 0 Å². The van der Waals surface area contributed by atoms with Crippen molar-refractivity contribution in [3.05, 3.63) is 29.8 Å². The number of benzene rings is 1. The number of rotatable bonds is 2. The summed E-state index contributed by atoms with van der Waals surface area (Å²) in [5.74, 6) is -0.348. The molecule has 0 fully saturated rings. The van der Waals surface area contributed by atoms with E-state index in [9.17, 15) is 9.36 Å². The molecular weight excluding hydrogens is 191 g/mol. The van der Waals surface area contributed by atoms with Gasteiger partial charge in [-0.3, -0.25) is 9.36 Å². The maximum absolute atomic E-state index is 11.0. The summed E-state index contributed by atoms with van der Waals surface area (Å²) in [6.07, 6.45) is 0. The van der Waals surface area contributed by atoms with Crippen LogP contribution < -0.4 is 5.30 Å². The van der Waals surface area contributed by atoms with E-state index < -0.39 is 7.60 Å². The lowest BCUT2D eigenvalue weighted by molar-refractivity contribution is 0.101. The van der Waals surface area contributed by atoms with Gasteiger partial charge in [0.25, 0.3) is 0 Å². The molecule has 1 aromatic carbocycles. The van der Waals surface area contributed by atoms with Gasteiger partial charge in [-0.1, -0.05) is 18.2 Å². The molecule has 70 valence electrons. The lowest BCUT2D eigenvalue weighted by Crippen LogP contribution is -2.13. The van der Waals surface area contributed by atoms with Crippen molar-refractivity contribution in [3.8, 4) is 0 Å². The molecule has 0 aliphatic carbocycles. The van der Waals surface area contributed by atoms with Crippen LogP contribution in [0.5, 0.6) is 0 Å². The first-order chi connectivity index (χ1) is 5.93. The van der Waals surface area contributed by atoms with Gasteiger partial charge in [0.05, 0.1) is 5.30 Å². The molecule has 0 saturated heterocycles. The average molecular weight is 200 g/mol. The third-order valence-electron chi connectivity index (χ3n) is 1.60. The second kappa shape index (κ2) is 3.42. The Labute approximate surface area is 75.4 Å². The van der Waals surface area contributed by atoms with Crippen LogP contribution in [0.1, 0.15) is 17.3 Å². The van der Waals surface area contributed by atoms with Crippen LogP contribution in [0.2, 0.25) is 0 Å². The van der Waals surface area contributed by atoms with E-state index in [0.29, 0.717) is 0 Å².